The van der Waals surface area contributed by atoms with Gasteiger partial charge in [0.05, 0.1) is 12.5 Å². The van der Waals surface area contributed by atoms with Crippen molar-refractivity contribution in [2.24, 2.45) is 5.92 Å². The molecule has 0 aromatic heterocycles. The number of ether oxygens (including phenoxy) is 1. The second-order valence-electron chi connectivity index (χ2n) is 3.72. The molecule has 1 aliphatic heterocycles. The molecule has 0 spiro atoms. The Morgan fingerprint density at radius 1 is 1.56 bits per heavy atom. The number of carbonyl (C=O) groups excluding carboxylic acids is 1. The average Bonchev–Trinajstić information content (AvgIpc) is 2.77. The Balaban J connectivity index is 2.02. The zero-order valence-electron chi connectivity index (χ0n) is 8.57. The van der Waals surface area contributed by atoms with Crippen LogP contribution in [-0.2, 0) is 9.53 Å². The lowest BCUT2D eigenvalue weighted by atomic mass is 10.1. The molecule has 1 fully saturated rings. The van der Waals surface area contributed by atoms with Crippen LogP contribution in [0.3, 0.4) is 0 Å². The summed E-state index contributed by atoms with van der Waals surface area (Å²) >= 11 is 0. The maximum Gasteiger partial charge on any atom is 0.229 e. The third-order valence-electron chi connectivity index (χ3n) is 2.52. The van der Waals surface area contributed by atoms with Gasteiger partial charge in [0.25, 0.3) is 0 Å². The quantitative estimate of drug-likeness (QED) is 0.750. The lowest BCUT2D eigenvalue weighted by Crippen LogP contribution is -2.22. The van der Waals surface area contributed by atoms with E-state index in [4.69, 9.17) is 9.84 Å². The predicted octanol–water partition coefficient (Wildman–Crippen LogP) is 1.51. The van der Waals surface area contributed by atoms with Crippen molar-refractivity contribution in [3.63, 3.8) is 0 Å². The number of aromatic hydroxyl groups is 1. The first kappa shape index (κ1) is 10.9. The number of hydrogen-bond donors (Lipinski definition) is 2. The topological polar surface area (TPSA) is 58.6 Å². The molecule has 1 amide bonds. The van der Waals surface area contributed by atoms with Gasteiger partial charge in [-0.25, -0.2) is 4.39 Å². The van der Waals surface area contributed by atoms with E-state index in [2.05, 4.69) is 5.32 Å². The molecule has 0 radical (unpaired) electrons. The van der Waals surface area contributed by atoms with Gasteiger partial charge in [0.1, 0.15) is 0 Å². The first-order valence-electron chi connectivity index (χ1n) is 5.04. The molecular weight excluding hydrogens is 213 g/mol. The molecule has 0 saturated carbocycles. The number of rotatable bonds is 2. The number of benzene rings is 1. The Hall–Kier alpha value is -1.62. The maximum atomic E-state index is 13.0. The summed E-state index contributed by atoms with van der Waals surface area (Å²) in [6.45, 7) is 0.994. The largest absolute Gasteiger partial charge is 0.505 e. The minimum absolute atomic E-state index is 0.170. The molecule has 0 aliphatic carbocycles. The lowest BCUT2D eigenvalue weighted by molar-refractivity contribution is -0.119. The Labute approximate surface area is 92.0 Å². The summed E-state index contributed by atoms with van der Waals surface area (Å²) in [7, 11) is 0. The molecule has 1 aliphatic rings. The van der Waals surface area contributed by atoms with Crippen molar-refractivity contribution < 1.29 is 19.0 Å². The van der Waals surface area contributed by atoms with Crippen LogP contribution >= 0.6 is 0 Å². The molecule has 4 nitrogen and oxygen atoms in total. The summed E-state index contributed by atoms with van der Waals surface area (Å²) in [5.74, 6) is -1.53. The number of nitrogens with one attached hydrogen (secondary N) is 1. The average molecular weight is 225 g/mol. The van der Waals surface area contributed by atoms with Crippen molar-refractivity contribution in [2.75, 3.05) is 18.5 Å². The number of halogens is 1. The maximum absolute atomic E-state index is 13.0. The van der Waals surface area contributed by atoms with E-state index < -0.39 is 11.6 Å². The number of amides is 1. The first-order valence-corrected chi connectivity index (χ1v) is 5.04. The van der Waals surface area contributed by atoms with E-state index in [1.165, 1.54) is 12.1 Å². The zero-order chi connectivity index (χ0) is 11.5. The van der Waals surface area contributed by atoms with E-state index in [1.54, 1.807) is 0 Å². The van der Waals surface area contributed by atoms with E-state index in [1.807, 2.05) is 0 Å². The summed E-state index contributed by atoms with van der Waals surface area (Å²) in [4.78, 5) is 11.6. The zero-order valence-corrected chi connectivity index (χ0v) is 8.57. The van der Waals surface area contributed by atoms with E-state index >= 15 is 0 Å². The number of carbonyl (C=O) groups is 1. The number of phenols is 1. The Bertz CT molecular complexity index is 402. The van der Waals surface area contributed by atoms with E-state index in [0.717, 1.165) is 6.07 Å². The normalized spacial score (nSPS) is 19.7. The van der Waals surface area contributed by atoms with Crippen LogP contribution in [0.1, 0.15) is 6.42 Å². The molecular formula is C11H12FNO3. The number of hydrogen-bond acceptors (Lipinski definition) is 3. The summed E-state index contributed by atoms with van der Waals surface area (Å²) in [6, 6.07) is 3.74. The molecule has 1 saturated heterocycles. The van der Waals surface area contributed by atoms with Crippen LogP contribution in [0.2, 0.25) is 0 Å². The van der Waals surface area contributed by atoms with Crippen LogP contribution in [0.5, 0.6) is 5.75 Å². The standard InChI is InChI=1S/C11H12FNO3/c12-9-5-8(1-2-10(9)14)13-11(15)7-3-4-16-6-7/h1-2,5,7,14H,3-4,6H2,(H,13,15). The van der Waals surface area contributed by atoms with Gasteiger partial charge in [0.15, 0.2) is 11.6 Å². The highest BCUT2D eigenvalue weighted by Gasteiger charge is 2.23. The van der Waals surface area contributed by atoms with Crippen LogP contribution < -0.4 is 5.32 Å². The monoisotopic (exact) mass is 225 g/mol. The SMILES string of the molecule is O=C(Nc1ccc(O)c(F)c1)C1CCOC1. The fourth-order valence-corrected chi connectivity index (χ4v) is 1.57. The van der Waals surface area contributed by atoms with Crippen molar-refractivity contribution >= 4 is 11.6 Å². The summed E-state index contributed by atoms with van der Waals surface area (Å²) in [5.41, 5.74) is 0.340. The molecule has 1 atom stereocenters. The van der Waals surface area contributed by atoms with Crippen LogP contribution in [-0.4, -0.2) is 24.2 Å². The lowest BCUT2D eigenvalue weighted by Gasteiger charge is -2.09. The Morgan fingerprint density at radius 2 is 2.38 bits per heavy atom. The van der Waals surface area contributed by atoms with Crippen LogP contribution in [0, 0.1) is 11.7 Å². The molecule has 86 valence electrons. The van der Waals surface area contributed by atoms with Gasteiger partial charge in [-0.05, 0) is 18.6 Å². The van der Waals surface area contributed by atoms with Crippen LogP contribution in [0.4, 0.5) is 10.1 Å². The van der Waals surface area contributed by atoms with Crippen LogP contribution in [0.15, 0.2) is 18.2 Å². The predicted molar refractivity (Wildman–Crippen MR) is 55.6 cm³/mol. The molecule has 0 bridgehead atoms. The highest BCUT2D eigenvalue weighted by Crippen LogP contribution is 2.21. The molecule has 1 heterocycles. The van der Waals surface area contributed by atoms with Crippen molar-refractivity contribution in [3.05, 3.63) is 24.0 Å². The van der Waals surface area contributed by atoms with E-state index in [0.29, 0.717) is 25.3 Å². The Kier molecular flexibility index (Phi) is 3.05. The smallest absolute Gasteiger partial charge is 0.229 e. The summed E-state index contributed by atoms with van der Waals surface area (Å²) in [6.07, 6.45) is 0.687. The highest BCUT2D eigenvalue weighted by atomic mass is 19.1. The molecule has 1 aromatic carbocycles. The number of anilines is 1. The van der Waals surface area contributed by atoms with Crippen molar-refractivity contribution in [1.82, 2.24) is 0 Å². The molecule has 5 heteroatoms. The van der Waals surface area contributed by atoms with Crippen molar-refractivity contribution in [2.45, 2.75) is 6.42 Å². The second kappa shape index (κ2) is 4.49. The van der Waals surface area contributed by atoms with Gasteiger partial charge >= 0.3 is 0 Å². The minimum atomic E-state index is -0.750. The minimum Gasteiger partial charge on any atom is -0.505 e. The van der Waals surface area contributed by atoms with E-state index in [9.17, 15) is 9.18 Å². The van der Waals surface area contributed by atoms with Gasteiger partial charge in [-0.1, -0.05) is 0 Å². The van der Waals surface area contributed by atoms with Gasteiger partial charge in [0.2, 0.25) is 5.91 Å². The van der Waals surface area contributed by atoms with Gasteiger partial charge in [-0.15, -0.1) is 0 Å². The molecule has 1 unspecified atom stereocenters. The molecule has 16 heavy (non-hydrogen) atoms. The van der Waals surface area contributed by atoms with E-state index in [-0.39, 0.29) is 11.8 Å². The first-order chi connectivity index (χ1) is 7.66. The van der Waals surface area contributed by atoms with Gasteiger partial charge in [-0.2, -0.15) is 0 Å². The third-order valence-corrected chi connectivity index (χ3v) is 2.52. The molecule has 2 rings (SSSR count). The van der Waals surface area contributed by atoms with Gasteiger partial charge in [0, 0.05) is 18.4 Å². The van der Waals surface area contributed by atoms with Gasteiger partial charge < -0.3 is 15.2 Å². The van der Waals surface area contributed by atoms with Crippen LogP contribution in [0.25, 0.3) is 0 Å². The fraction of sp³-hybridized carbons (Fsp3) is 0.364. The Morgan fingerprint density at radius 3 is 3.00 bits per heavy atom. The number of phenolic OH excluding ortho intramolecular Hbond substituents is 1. The highest BCUT2D eigenvalue weighted by molar-refractivity contribution is 5.92. The summed E-state index contributed by atoms with van der Waals surface area (Å²) in [5, 5.41) is 11.6. The third kappa shape index (κ3) is 2.30. The molecule has 2 N–H and O–H groups in total. The summed E-state index contributed by atoms with van der Waals surface area (Å²) < 4.78 is 18.1. The fourth-order valence-electron chi connectivity index (χ4n) is 1.57. The second-order valence-corrected chi connectivity index (χ2v) is 3.72. The van der Waals surface area contributed by atoms with Crippen molar-refractivity contribution in [3.8, 4) is 5.75 Å². The molecule has 1 aromatic rings. The van der Waals surface area contributed by atoms with Gasteiger partial charge in [-0.3, -0.25) is 4.79 Å². The van der Waals surface area contributed by atoms with Crippen molar-refractivity contribution in [1.29, 1.82) is 0 Å².